The zero-order valence-corrected chi connectivity index (χ0v) is 16.7. The van der Waals surface area contributed by atoms with Crippen LogP contribution in [-0.2, 0) is 4.43 Å². The van der Waals surface area contributed by atoms with Crippen molar-refractivity contribution in [2.45, 2.75) is 79.0 Å². The minimum absolute atomic E-state index is 0.441. The predicted molar refractivity (Wildman–Crippen MR) is 94.0 cm³/mol. The summed E-state index contributed by atoms with van der Waals surface area (Å²) in [6.45, 7) is 18.7. The fourth-order valence-electron chi connectivity index (χ4n) is 2.48. The van der Waals surface area contributed by atoms with Gasteiger partial charge < -0.3 is 4.43 Å². The maximum atomic E-state index is 6.81. The molecule has 0 spiro atoms. The summed E-state index contributed by atoms with van der Waals surface area (Å²) in [5.41, 5.74) is 1.39. The van der Waals surface area contributed by atoms with Crippen molar-refractivity contribution >= 4 is 30.9 Å². The molecule has 0 aliphatic rings. The molecular formula is C15H33IOSi. The van der Waals surface area contributed by atoms with E-state index in [1.165, 1.54) is 10.5 Å². The largest absolute Gasteiger partial charge is 0.412 e. The molecule has 0 aromatic rings. The Bertz CT molecular complexity index is 219. The van der Waals surface area contributed by atoms with Crippen molar-refractivity contribution < 1.29 is 4.43 Å². The topological polar surface area (TPSA) is 9.23 Å². The molecule has 0 aromatic carbocycles. The summed E-state index contributed by atoms with van der Waals surface area (Å²) in [6, 6.07) is 0. The third kappa shape index (κ3) is 5.12. The van der Waals surface area contributed by atoms with Crippen LogP contribution < -0.4 is 0 Å². The summed E-state index contributed by atoms with van der Waals surface area (Å²) in [6.07, 6.45) is 1.64. The van der Waals surface area contributed by atoms with Crippen LogP contribution in [0, 0.1) is 11.8 Å². The number of halogens is 1. The molecule has 3 heteroatoms. The fourth-order valence-corrected chi connectivity index (χ4v) is 11.8. The summed E-state index contributed by atoms with van der Waals surface area (Å²) in [5, 5.41) is 0. The molecule has 0 saturated heterocycles. The second-order valence-corrected chi connectivity index (χ2v) is 13.9. The van der Waals surface area contributed by atoms with Gasteiger partial charge in [-0.05, 0) is 29.3 Å². The van der Waals surface area contributed by atoms with Crippen LogP contribution >= 0.6 is 22.6 Å². The minimum Gasteiger partial charge on any atom is -0.412 e. The van der Waals surface area contributed by atoms with Gasteiger partial charge in [0.2, 0.25) is 8.32 Å². The number of hydrogen-bond donors (Lipinski definition) is 0. The van der Waals surface area contributed by atoms with E-state index < -0.39 is 8.32 Å². The Labute approximate surface area is 130 Å². The molecule has 0 aliphatic heterocycles. The first kappa shape index (κ1) is 18.9. The van der Waals surface area contributed by atoms with Crippen molar-refractivity contribution in [2.24, 2.45) is 11.8 Å². The van der Waals surface area contributed by atoms with E-state index in [-0.39, 0.29) is 0 Å². The zero-order valence-electron chi connectivity index (χ0n) is 13.6. The molecule has 0 aromatic heterocycles. The standard InChI is InChI=1S/C15H33IOSi/c1-11(2)9-15(12(3)4)17-18(10-16,13(5)6)14(7)8/h11-15H,9-10H2,1-8H3. The Morgan fingerprint density at radius 3 is 1.56 bits per heavy atom. The average molecular weight is 384 g/mol. The third-order valence-electron chi connectivity index (χ3n) is 3.98. The molecule has 0 rings (SSSR count). The molecule has 0 fully saturated rings. The van der Waals surface area contributed by atoms with Gasteiger partial charge in [0.25, 0.3) is 0 Å². The van der Waals surface area contributed by atoms with Gasteiger partial charge in [0.05, 0.1) is 0 Å². The van der Waals surface area contributed by atoms with Gasteiger partial charge in [0.15, 0.2) is 0 Å². The molecule has 1 nitrogen and oxygen atoms in total. The smallest absolute Gasteiger partial charge is 0.207 e. The van der Waals surface area contributed by atoms with Gasteiger partial charge in [-0.25, -0.2) is 0 Å². The lowest BCUT2D eigenvalue weighted by molar-refractivity contribution is 0.111. The predicted octanol–water partition coefficient (Wildman–Crippen LogP) is 5.81. The van der Waals surface area contributed by atoms with E-state index in [4.69, 9.17) is 4.43 Å². The Kier molecular flexibility index (Phi) is 8.67. The highest BCUT2D eigenvalue weighted by Gasteiger charge is 2.43. The Balaban J connectivity index is 5.02. The average Bonchev–Trinajstić information content (AvgIpc) is 2.22. The Morgan fingerprint density at radius 2 is 1.33 bits per heavy atom. The van der Waals surface area contributed by atoms with Gasteiger partial charge in [0, 0.05) is 10.2 Å². The molecule has 1 atom stereocenters. The first-order chi connectivity index (χ1) is 8.17. The van der Waals surface area contributed by atoms with E-state index in [1.54, 1.807) is 0 Å². The van der Waals surface area contributed by atoms with Crippen LogP contribution in [0.15, 0.2) is 0 Å². The Morgan fingerprint density at radius 1 is 0.889 bits per heavy atom. The summed E-state index contributed by atoms with van der Waals surface area (Å²) < 4.78 is 8.02. The SMILES string of the molecule is CC(C)CC(O[Si](CI)(C(C)C)C(C)C)C(C)C. The highest BCUT2D eigenvalue weighted by atomic mass is 127. The molecule has 0 bridgehead atoms. The van der Waals surface area contributed by atoms with Crippen LogP contribution in [-0.4, -0.2) is 18.5 Å². The van der Waals surface area contributed by atoms with Gasteiger partial charge in [0.1, 0.15) is 0 Å². The molecule has 18 heavy (non-hydrogen) atoms. The van der Waals surface area contributed by atoms with E-state index >= 15 is 0 Å². The fraction of sp³-hybridized carbons (Fsp3) is 1.00. The first-order valence-electron chi connectivity index (χ1n) is 7.41. The highest BCUT2D eigenvalue weighted by Crippen LogP contribution is 2.37. The molecule has 0 radical (unpaired) electrons. The van der Waals surface area contributed by atoms with Crippen molar-refractivity contribution in [3.8, 4) is 0 Å². The van der Waals surface area contributed by atoms with E-state index in [0.29, 0.717) is 23.1 Å². The van der Waals surface area contributed by atoms with Crippen LogP contribution in [0.25, 0.3) is 0 Å². The van der Waals surface area contributed by atoms with Gasteiger partial charge in [-0.3, -0.25) is 0 Å². The summed E-state index contributed by atoms with van der Waals surface area (Å²) in [7, 11) is -1.63. The molecule has 0 amide bonds. The van der Waals surface area contributed by atoms with E-state index in [2.05, 4.69) is 78.0 Å². The van der Waals surface area contributed by atoms with Crippen molar-refractivity contribution in [3.63, 3.8) is 0 Å². The number of rotatable bonds is 8. The monoisotopic (exact) mass is 384 g/mol. The van der Waals surface area contributed by atoms with Crippen molar-refractivity contribution in [3.05, 3.63) is 0 Å². The molecule has 110 valence electrons. The van der Waals surface area contributed by atoms with Gasteiger partial charge in [-0.15, -0.1) is 0 Å². The van der Waals surface area contributed by atoms with Crippen molar-refractivity contribution in [2.75, 3.05) is 4.05 Å². The maximum absolute atomic E-state index is 6.81. The quantitative estimate of drug-likeness (QED) is 0.291. The second-order valence-electron chi connectivity index (χ2n) is 6.93. The van der Waals surface area contributed by atoms with Gasteiger partial charge in [-0.1, -0.05) is 78.0 Å². The lowest BCUT2D eigenvalue weighted by Crippen LogP contribution is -2.50. The lowest BCUT2D eigenvalue weighted by atomic mass is 9.98. The van der Waals surface area contributed by atoms with E-state index in [0.717, 1.165) is 5.92 Å². The molecule has 0 N–H and O–H groups in total. The summed E-state index contributed by atoms with van der Waals surface area (Å²) in [5.74, 6) is 1.34. The summed E-state index contributed by atoms with van der Waals surface area (Å²) >= 11 is 2.56. The Hall–Kier alpha value is 0.907. The van der Waals surface area contributed by atoms with Crippen molar-refractivity contribution in [1.29, 1.82) is 0 Å². The van der Waals surface area contributed by atoms with Gasteiger partial charge in [-0.2, -0.15) is 0 Å². The van der Waals surface area contributed by atoms with E-state index in [1.807, 2.05) is 0 Å². The van der Waals surface area contributed by atoms with Crippen LogP contribution in [0.1, 0.15) is 61.8 Å². The molecular weight excluding hydrogens is 351 g/mol. The highest BCUT2D eigenvalue weighted by molar-refractivity contribution is 14.1. The number of alkyl halides is 1. The number of hydrogen-bond acceptors (Lipinski definition) is 1. The first-order valence-corrected chi connectivity index (χ1v) is 11.2. The van der Waals surface area contributed by atoms with Crippen LogP contribution in [0.4, 0.5) is 0 Å². The van der Waals surface area contributed by atoms with Crippen LogP contribution in [0.2, 0.25) is 11.1 Å². The zero-order chi connectivity index (χ0) is 14.5. The lowest BCUT2D eigenvalue weighted by Gasteiger charge is -2.42. The summed E-state index contributed by atoms with van der Waals surface area (Å²) in [4.78, 5) is 0. The van der Waals surface area contributed by atoms with Gasteiger partial charge >= 0.3 is 0 Å². The molecule has 0 aliphatic carbocycles. The maximum Gasteiger partial charge on any atom is 0.207 e. The van der Waals surface area contributed by atoms with E-state index in [9.17, 15) is 0 Å². The van der Waals surface area contributed by atoms with Crippen molar-refractivity contribution in [1.82, 2.24) is 0 Å². The molecule has 1 unspecified atom stereocenters. The van der Waals surface area contributed by atoms with Crippen LogP contribution in [0.3, 0.4) is 0 Å². The normalized spacial score (nSPS) is 15.2. The molecule has 0 saturated carbocycles. The third-order valence-corrected chi connectivity index (χ3v) is 12.6. The van der Waals surface area contributed by atoms with Crippen LogP contribution in [0.5, 0.6) is 0 Å². The molecule has 0 heterocycles. The minimum atomic E-state index is -1.63. The second kappa shape index (κ2) is 8.25.